The van der Waals surface area contributed by atoms with Gasteiger partial charge in [0.2, 0.25) is 0 Å². The van der Waals surface area contributed by atoms with Gasteiger partial charge in [-0.2, -0.15) is 5.10 Å². The van der Waals surface area contributed by atoms with Crippen LogP contribution in [0.25, 0.3) is 0 Å². The van der Waals surface area contributed by atoms with Crippen LogP contribution in [0.1, 0.15) is 29.7 Å². The Morgan fingerprint density at radius 1 is 1.35 bits per heavy atom. The van der Waals surface area contributed by atoms with Crippen molar-refractivity contribution in [2.75, 3.05) is 0 Å². The maximum Gasteiger partial charge on any atom is 0.188 e. The molecule has 0 saturated carbocycles. The highest BCUT2D eigenvalue weighted by atomic mass is 16.1. The van der Waals surface area contributed by atoms with Crippen molar-refractivity contribution >= 4 is 5.78 Å². The summed E-state index contributed by atoms with van der Waals surface area (Å²) in [6, 6.07) is 5.30. The van der Waals surface area contributed by atoms with Gasteiger partial charge in [0.1, 0.15) is 17.8 Å². The standard InChI is InChI=1S/C12H14N4O/c1-2-7-16-12(14-9-15-16)8-11(17)10-5-3-4-6-13-10/h3-6,9H,2,7-8H2,1H3. The molecule has 0 atom stereocenters. The van der Waals surface area contributed by atoms with Crippen molar-refractivity contribution in [2.24, 2.45) is 0 Å². The number of hydrogen-bond acceptors (Lipinski definition) is 4. The molecule has 0 bridgehead atoms. The molecule has 0 aliphatic carbocycles. The molecule has 0 aliphatic heterocycles. The molecule has 5 nitrogen and oxygen atoms in total. The lowest BCUT2D eigenvalue weighted by molar-refractivity contribution is 0.0984. The van der Waals surface area contributed by atoms with E-state index in [0.717, 1.165) is 13.0 Å². The molecule has 0 unspecified atom stereocenters. The summed E-state index contributed by atoms with van der Waals surface area (Å²) in [6.45, 7) is 2.84. The van der Waals surface area contributed by atoms with Gasteiger partial charge in [0.15, 0.2) is 5.78 Å². The molecule has 0 fully saturated rings. The summed E-state index contributed by atoms with van der Waals surface area (Å²) in [7, 11) is 0. The summed E-state index contributed by atoms with van der Waals surface area (Å²) in [5.41, 5.74) is 0.471. The quantitative estimate of drug-likeness (QED) is 0.730. The Morgan fingerprint density at radius 2 is 2.24 bits per heavy atom. The van der Waals surface area contributed by atoms with Gasteiger partial charge < -0.3 is 0 Å². The Balaban J connectivity index is 2.11. The highest BCUT2D eigenvalue weighted by Crippen LogP contribution is 2.03. The molecule has 0 saturated heterocycles. The van der Waals surface area contributed by atoms with Crippen LogP contribution in [0.4, 0.5) is 0 Å². The Labute approximate surface area is 99.5 Å². The van der Waals surface area contributed by atoms with Crippen LogP contribution >= 0.6 is 0 Å². The molecule has 0 aliphatic rings. The highest BCUT2D eigenvalue weighted by Gasteiger charge is 2.12. The van der Waals surface area contributed by atoms with Crippen LogP contribution in [0, 0.1) is 0 Å². The molecule has 0 aromatic carbocycles. The number of nitrogens with zero attached hydrogens (tertiary/aromatic N) is 4. The largest absolute Gasteiger partial charge is 0.292 e. The highest BCUT2D eigenvalue weighted by molar-refractivity contribution is 5.95. The van der Waals surface area contributed by atoms with E-state index in [4.69, 9.17) is 0 Å². The minimum absolute atomic E-state index is 0.0315. The summed E-state index contributed by atoms with van der Waals surface area (Å²) in [6.07, 6.45) is 4.31. The lowest BCUT2D eigenvalue weighted by Gasteiger charge is -2.03. The second kappa shape index (κ2) is 5.34. The van der Waals surface area contributed by atoms with Crippen LogP contribution in [0.3, 0.4) is 0 Å². The van der Waals surface area contributed by atoms with Gasteiger partial charge in [0.25, 0.3) is 0 Å². The summed E-state index contributed by atoms with van der Waals surface area (Å²) in [4.78, 5) is 20.1. The molecule has 2 aromatic heterocycles. The topological polar surface area (TPSA) is 60.7 Å². The lowest BCUT2D eigenvalue weighted by Crippen LogP contribution is -2.12. The molecule has 0 spiro atoms. The molecule has 2 rings (SSSR count). The van der Waals surface area contributed by atoms with E-state index in [1.165, 1.54) is 6.33 Å². The van der Waals surface area contributed by atoms with Crippen molar-refractivity contribution in [3.8, 4) is 0 Å². The van der Waals surface area contributed by atoms with E-state index in [2.05, 4.69) is 22.0 Å². The maximum absolute atomic E-state index is 11.9. The van der Waals surface area contributed by atoms with E-state index in [1.54, 1.807) is 29.1 Å². The van der Waals surface area contributed by atoms with E-state index in [9.17, 15) is 4.79 Å². The number of pyridine rings is 1. The van der Waals surface area contributed by atoms with E-state index in [-0.39, 0.29) is 12.2 Å². The Morgan fingerprint density at radius 3 is 2.94 bits per heavy atom. The zero-order chi connectivity index (χ0) is 12.1. The van der Waals surface area contributed by atoms with Crippen molar-refractivity contribution in [2.45, 2.75) is 26.3 Å². The number of carbonyl (C=O) groups excluding carboxylic acids is 1. The predicted octanol–water partition coefficient (Wildman–Crippen LogP) is 1.51. The lowest BCUT2D eigenvalue weighted by atomic mass is 10.2. The zero-order valence-corrected chi connectivity index (χ0v) is 9.71. The van der Waals surface area contributed by atoms with Gasteiger partial charge in [-0.15, -0.1) is 0 Å². The predicted molar refractivity (Wildman–Crippen MR) is 62.6 cm³/mol. The third-order valence-electron chi connectivity index (χ3n) is 2.40. The van der Waals surface area contributed by atoms with Crippen molar-refractivity contribution in [3.05, 3.63) is 42.2 Å². The van der Waals surface area contributed by atoms with Gasteiger partial charge >= 0.3 is 0 Å². The van der Waals surface area contributed by atoms with E-state index < -0.39 is 0 Å². The van der Waals surface area contributed by atoms with Crippen LogP contribution in [0.5, 0.6) is 0 Å². The Hall–Kier alpha value is -2.04. The number of ketones is 1. The molecule has 17 heavy (non-hydrogen) atoms. The van der Waals surface area contributed by atoms with Crippen molar-refractivity contribution in [3.63, 3.8) is 0 Å². The van der Waals surface area contributed by atoms with Crippen molar-refractivity contribution in [1.82, 2.24) is 19.7 Å². The number of hydrogen-bond donors (Lipinski definition) is 0. The monoisotopic (exact) mass is 230 g/mol. The molecule has 0 N–H and O–H groups in total. The van der Waals surface area contributed by atoms with E-state index >= 15 is 0 Å². The van der Waals surface area contributed by atoms with Crippen molar-refractivity contribution < 1.29 is 4.79 Å². The fraction of sp³-hybridized carbons (Fsp3) is 0.333. The third kappa shape index (κ3) is 2.75. The summed E-state index contributed by atoms with van der Waals surface area (Å²) in [5.74, 6) is 0.665. The number of Topliss-reactive ketones (excluding diaryl/α,β-unsaturated/α-hetero) is 1. The maximum atomic E-state index is 11.9. The molecule has 2 aromatic rings. The van der Waals surface area contributed by atoms with Gasteiger partial charge in [0.05, 0.1) is 6.42 Å². The second-order valence-corrected chi connectivity index (χ2v) is 3.71. The Kier molecular flexibility index (Phi) is 3.59. The normalized spacial score (nSPS) is 10.4. The number of carbonyl (C=O) groups is 1. The first-order chi connectivity index (χ1) is 8.31. The Bertz CT molecular complexity index is 492. The number of aryl methyl sites for hydroxylation is 1. The van der Waals surface area contributed by atoms with E-state index in [1.807, 2.05) is 0 Å². The number of rotatable bonds is 5. The zero-order valence-electron chi connectivity index (χ0n) is 9.71. The van der Waals surface area contributed by atoms with E-state index in [0.29, 0.717) is 11.5 Å². The molecule has 2 heterocycles. The van der Waals surface area contributed by atoms with Crippen molar-refractivity contribution in [1.29, 1.82) is 0 Å². The molecule has 0 amide bonds. The van der Waals surface area contributed by atoms with Gasteiger partial charge in [-0.1, -0.05) is 13.0 Å². The third-order valence-corrected chi connectivity index (χ3v) is 2.40. The second-order valence-electron chi connectivity index (χ2n) is 3.71. The fourth-order valence-electron chi connectivity index (χ4n) is 1.59. The van der Waals surface area contributed by atoms with Crippen LogP contribution in [0.2, 0.25) is 0 Å². The van der Waals surface area contributed by atoms with Crippen LogP contribution < -0.4 is 0 Å². The molecule has 88 valence electrons. The first-order valence-electron chi connectivity index (χ1n) is 5.62. The molecular formula is C12H14N4O. The van der Waals surface area contributed by atoms with Gasteiger partial charge in [-0.05, 0) is 18.6 Å². The minimum Gasteiger partial charge on any atom is -0.292 e. The summed E-state index contributed by atoms with van der Waals surface area (Å²) >= 11 is 0. The fourth-order valence-corrected chi connectivity index (χ4v) is 1.59. The summed E-state index contributed by atoms with van der Waals surface area (Å²) < 4.78 is 1.76. The molecular weight excluding hydrogens is 216 g/mol. The van der Waals surface area contributed by atoms with Crippen LogP contribution in [-0.2, 0) is 13.0 Å². The first kappa shape index (κ1) is 11.4. The van der Waals surface area contributed by atoms with Gasteiger partial charge in [-0.3, -0.25) is 9.78 Å². The van der Waals surface area contributed by atoms with Crippen LogP contribution in [0.15, 0.2) is 30.7 Å². The number of aromatic nitrogens is 4. The molecule has 0 radical (unpaired) electrons. The van der Waals surface area contributed by atoms with Crippen LogP contribution in [-0.4, -0.2) is 25.5 Å². The smallest absolute Gasteiger partial charge is 0.188 e. The van der Waals surface area contributed by atoms with Gasteiger partial charge in [-0.25, -0.2) is 9.67 Å². The minimum atomic E-state index is -0.0315. The average Bonchev–Trinajstić information content (AvgIpc) is 2.78. The first-order valence-corrected chi connectivity index (χ1v) is 5.62. The SMILES string of the molecule is CCCn1ncnc1CC(=O)c1ccccn1. The molecule has 5 heteroatoms. The average molecular weight is 230 g/mol. The van der Waals surface area contributed by atoms with Gasteiger partial charge in [0, 0.05) is 12.7 Å². The summed E-state index contributed by atoms with van der Waals surface area (Å²) in [5, 5.41) is 4.09.